The maximum atomic E-state index is 12.2. The third kappa shape index (κ3) is 4.47. The van der Waals surface area contributed by atoms with Gasteiger partial charge in [0.15, 0.2) is 6.10 Å². The van der Waals surface area contributed by atoms with Crippen LogP contribution in [0, 0.1) is 0 Å². The van der Waals surface area contributed by atoms with E-state index in [2.05, 4.69) is 5.32 Å². The zero-order valence-electron chi connectivity index (χ0n) is 12.7. The Kier molecular flexibility index (Phi) is 5.60. The fraction of sp³-hybridized carbons (Fsp3) is 0.176. The van der Waals surface area contributed by atoms with Crippen molar-refractivity contribution in [1.29, 1.82) is 0 Å². The molecule has 2 rings (SSSR count). The third-order valence-corrected chi connectivity index (χ3v) is 3.33. The van der Waals surface area contributed by atoms with E-state index in [1.165, 1.54) is 7.11 Å². The number of carbonyl (C=O) groups is 2. The second-order valence-electron chi connectivity index (χ2n) is 4.78. The van der Waals surface area contributed by atoms with Gasteiger partial charge in [-0.15, -0.1) is 0 Å². The molecule has 2 aromatic rings. The first kappa shape index (κ1) is 16.8. The van der Waals surface area contributed by atoms with Crippen LogP contribution in [-0.2, 0) is 4.79 Å². The minimum atomic E-state index is -0.763. The zero-order valence-corrected chi connectivity index (χ0v) is 13.5. The molecule has 1 atom stereocenters. The van der Waals surface area contributed by atoms with Gasteiger partial charge in [0.25, 0.3) is 5.91 Å². The second kappa shape index (κ2) is 7.65. The van der Waals surface area contributed by atoms with Crippen molar-refractivity contribution in [2.75, 3.05) is 12.4 Å². The summed E-state index contributed by atoms with van der Waals surface area (Å²) in [6.45, 7) is 1.61. The van der Waals surface area contributed by atoms with Gasteiger partial charge in [0.1, 0.15) is 17.8 Å². The Hall–Kier alpha value is -2.53. The van der Waals surface area contributed by atoms with Crippen LogP contribution in [0.4, 0.5) is 5.69 Å². The van der Waals surface area contributed by atoms with E-state index in [-0.39, 0.29) is 5.91 Å². The molecular weight excluding hydrogens is 318 g/mol. The maximum Gasteiger partial charge on any atom is 0.265 e. The van der Waals surface area contributed by atoms with Gasteiger partial charge in [-0.1, -0.05) is 23.7 Å². The molecule has 0 bridgehead atoms. The Morgan fingerprint density at radius 1 is 1.26 bits per heavy atom. The van der Waals surface area contributed by atoms with Crippen LogP contribution >= 0.6 is 11.6 Å². The van der Waals surface area contributed by atoms with Gasteiger partial charge in [-0.05, 0) is 37.3 Å². The molecule has 120 valence electrons. The van der Waals surface area contributed by atoms with Gasteiger partial charge in [0, 0.05) is 10.6 Å². The molecule has 5 nitrogen and oxygen atoms in total. The number of carbonyl (C=O) groups excluding carboxylic acids is 2. The number of methoxy groups -OCH3 is 1. The highest BCUT2D eigenvalue weighted by Gasteiger charge is 2.17. The molecule has 0 aliphatic rings. The number of nitrogens with one attached hydrogen (secondary N) is 1. The average Bonchev–Trinajstić information content (AvgIpc) is 2.55. The molecule has 0 fully saturated rings. The highest BCUT2D eigenvalue weighted by molar-refractivity contribution is 6.31. The quantitative estimate of drug-likeness (QED) is 0.821. The monoisotopic (exact) mass is 333 g/mol. The summed E-state index contributed by atoms with van der Waals surface area (Å²) in [6.07, 6.45) is -0.0466. The summed E-state index contributed by atoms with van der Waals surface area (Å²) >= 11 is 5.93. The first-order valence-electron chi connectivity index (χ1n) is 6.90. The zero-order chi connectivity index (χ0) is 16.8. The van der Waals surface area contributed by atoms with Gasteiger partial charge in [-0.2, -0.15) is 0 Å². The highest BCUT2D eigenvalue weighted by atomic mass is 35.5. The largest absolute Gasteiger partial charge is 0.495 e. The van der Waals surface area contributed by atoms with Crippen LogP contribution in [0.3, 0.4) is 0 Å². The lowest BCUT2D eigenvalue weighted by atomic mass is 10.2. The van der Waals surface area contributed by atoms with Gasteiger partial charge >= 0.3 is 0 Å². The summed E-state index contributed by atoms with van der Waals surface area (Å²) in [4.78, 5) is 23.0. The number of rotatable bonds is 6. The second-order valence-corrected chi connectivity index (χ2v) is 5.22. The van der Waals surface area contributed by atoms with E-state index >= 15 is 0 Å². The Morgan fingerprint density at radius 2 is 2.04 bits per heavy atom. The van der Waals surface area contributed by atoms with E-state index in [1.807, 2.05) is 0 Å². The molecule has 2 aromatic carbocycles. The smallest absolute Gasteiger partial charge is 0.265 e. The van der Waals surface area contributed by atoms with E-state index in [1.54, 1.807) is 49.4 Å². The van der Waals surface area contributed by atoms with Crippen molar-refractivity contribution in [3.05, 3.63) is 53.1 Å². The molecule has 0 radical (unpaired) electrons. The lowest BCUT2D eigenvalue weighted by Crippen LogP contribution is -2.30. The molecule has 0 aliphatic heterocycles. The summed E-state index contributed by atoms with van der Waals surface area (Å²) < 4.78 is 10.7. The van der Waals surface area contributed by atoms with Crippen LogP contribution < -0.4 is 14.8 Å². The van der Waals surface area contributed by atoms with E-state index in [0.29, 0.717) is 34.1 Å². The Morgan fingerprint density at radius 3 is 2.74 bits per heavy atom. The highest BCUT2D eigenvalue weighted by Crippen LogP contribution is 2.28. The Balaban J connectivity index is 2.08. The van der Waals surface area contributed by atoms with Gasteiger partial charge in [-0.3, -0.25) is 9.59 Å². The fourth-order valence-corrected chi connectivity index (χ4v) is 2.10. The molecule has 0 aromatic heterocycles. The summed E-state index contributed by atoms with van der Waals surface area (Å²) in [5.74, 6) is 0.579. The van der Waals surface area contributed by atoms with Crippen LogP contribution in [0.2, 0.25) is 5.02 Å². The van der Waals surface area contributed by atoms with Gasteiger partial charge in [0.05, 0.1) is 12.8 Å². The number of benzene rings is 2. The predicted octanol–water partition coefficient (Wildman–Crippen LogP) is 3.57. The first-order valence-corrected chi connectivity index (χ1v) is 7.27. The van der Waals surface area contributed by atoms with Crippen molar-refractivity contribution in [3.63, 3.8) is 0 Å². The summed E-state index contributed by atoms with van der Waals surface area (Å²) in [7, 11) is 1.50. The normalized spacial score (nSPS) is 11.4. The van der Waals surface area contributed by atoms with E-state index in [0.717, 1.165) is 0 Å². The molecule has 23 heavy (non-hydrogen) atoms. The van der Waals surface area contributed by atoms with Crippen molar-refractivity contribution in [1.82, 2.24) is 0 Å². The minimum Gasteiger partial charge on any atom is -0.495 e. The number of aldehydes is 1. The molecule has 0 spiro atoms. The standard InChI is InChI=1S/C17H16ClNO4/c1-11(23-14-5-3-4-12(8-14)10-20)17(21)19-15-9-13(18)6-7-16(15)22-2/h3-11H,1-2H3,(H,19,21)/t11-/m0/s1. The van der Waals surface area contributed by atoms with Gasteiger partial charge < -0.3 is 14.8 Å². The van der Waals surface area contributed by atoms with Crippen molar-refractivity contribution in [2.24, 2.45) is 0 Å². The number of amides is 1. The maximum absolute atomic E-state index is 12.2. The molecule has 0 saturated carbocycles. The minimum absolute atomic E-state index is 0.359. The Labute approximate surface area is 139 Å². The molecule has 1 N–H and O–H groups in total. The van der Waals surface area contributed by atoms with E-state index in [4.69, 9.17) is 21.1 Å². The van der Waals surface area contributed by atoms with E-state index in [9.17, 15) is 9.59 Å². The molecular formula is C17H16ClNO4. The lowest BCUT2D eigenvalue weighted by Gasteiger charge is -2.16. The number of ether oxygens (including phenoxy) is 2. The number of halogens is 1. The predicted molar refractivity (Wildman–Crippen MR) is 88.6 cm³/mol. The number of hydrogen-bond donors (Lipinski definition) is 1. The average molecular weight is 334 g/mol. The van der Waals surface area contributed by atoms with Crippen molar-refractivity contribution >= 4 is 29.5 Å². The first-order chi connectivity index (χ1) is 11.0. The van der Waals surface area contributed by atoms with Crippen LogP contribution in [0.1, 0.15) is 17.3 Å². The summed E-state index contributed by atoms with van der Waals surface area (Å²) in [6, 6.07) is 11.5. The molecule has 1 amide bonds. The number of anilines is 1. The molecule has 0 heterocycles. The lowest BCUT2D eigenvalue weighted by molar-refractivity contribution is -0.122. The third-order valence-electron chi connectivity index (χ3n) is 3.10. The summed E-state index contributed by atoms with van der Waals surface area (Å²) in [5, 5.41) is 3.19. The Bertz CT molecular complexity index is 717. The fourth-order valence-electron chi connectivity index (χ4n) is 1.93. The number of hydrogen-bond acceptors (Lipinski definition) is 4. The molecule has 0 unspecified atom stereocenters. The van der Waals surface area contributed by atoms with Crippen molar-refractivity contribution < 1.29 is 19.1 Å². The van der Waals surface area contributed by atoms with Crippen molar-refractivity contribution in [2.45, 2.75) is 13.0 Å². The molecule has 0 saturated heterocycles. The van der Waals surface area contributed by atoms with Crippen LogP contribution in [0.25, 0.3) is 0 Å². The molecule has 6 heteroatoms. The molecule has 0 aliphatic carbocycles. The van der Waals surface area contributed by atoms with Crippen LogP contribution in [0.5, 0.6) is 11.5 Å². The van der Waals surface area contributed by atoms with Gasteiger partial charge in [0.2, 0.25) is 0 Å². The SMILES string of the molecule is COc1ccc(Cl)cc1NC(=O)[C@H](C)Oc1cccc(C=O)c1. The van der Waals surface area contributed by atoms with Crippen LogP contribution in [0.15, 0.2) is 42.5 Å². The van der Waals surface area contributed by atoms with Crippen LogP contribution in [-0.4, -0.2) is 25.4 Å². The topological polar surface area (TPSA) is 64.6 Å². The van der Waals surface area contributed by atoms with Crippen molar-refractivity contribution in [3.8, 4) is 11.5 Å². The summed E-state index contributed by atoms with van der Waals surface area (Å²) in [5.41, 5.74) is 0.939. The van der Waals surface area contributed by atoms with Gasteiger partial charge in [-0.25, -0.2) is 0 Å². The van der Waals surface area contributed by atoms with E-state index < -0.39 is 6.10 Å².